The smallest absolute Gasteiger partial charge is 0.550 e. The maximum Gasteiger partial charge on any atom is 2.00 e. The first-order valence-electron chi connectivity index (χ1n) is 5.88. The summed E-state index contributed by atoms with van der Waals surface area (Å²) in [5.74, 6) is -3.98. The number of carbonyl (C=O) groups excluding carboxylic acids is 4. The van der Waals surface area contributed by atoms with E-state index in [1.165, 1.54) is 27.7 Å². The minimum absolute atomic E-state index is 0. The quantitative estimate of drug-likeness (QED) is 0.463. The van der Waals surface area contributed by atoms with Gasteiger partial charge in [-0.2, -0.15) is 0 Å². The van der Waals surface area contributed by atoms with Crippen LogP contribution in [0.1, 0.15) is 53.4 Å². The van der Waals surface area contributed by atoms with Crippen molar-refractivity contribution in [1.29, 1.82) is 0 Å². The zero-order valence-electron chi connectivity index (χ0n) is 12.8. The molecule has 0 heterocycles. The summed E-state index contributed by atoms with van der Waals surface area (Å²) in [4.78, 5) is 37.0. The van der Waals surface area contributed by atoms with E-state index >= 15 is 0 Å². The van der Waals surface area contributed by atoms with Crippen LogP contribution in [0.2, 0.25) is 0 Å². The van der Waals surface area contributed by atoms with Crippen molar-refractivity contribution in [3.05, 3.63) is 0 Å². The molecule has 0 N–H and O–H groups in total. The van der Waals surface area contributed by atoms with Crippen molar-refractivity contribution in [2.75, 3.05) is 0 Å². The number of hydrogen-bond donors (Lipinski definition) is 0. The van der Waals surface area contributed by atoms with Crippen molar-refractivity contribution in [3.63, 3.8) is 0 Å². The SMILES string of the molecule is CCC(=O)[O-].CCC(=O)[O-].CCC(=O)[O-].CCC(=O)[O-].[Co+2].[Co+2]. The zero-order valence-corrected chi connectivity index (χ0v) is 14.8. The van der Waals surface area contributed by atoms with Gasteiger partial charge < -0.3 is 39.6 Å². The van der Waals surface area contributed by atoms with E-state index < -0.39 is 23.9 Å². The van der Waals surface area contributed by atoms with E-state index in [4.69, 9.17) is 0 Å². The van der Waals surface area contributed by atoms with E-state index in [0.29, 0.717) is 0 Å². The Hall–Kier alpha value is -1.11. The third-order valence-corrected chi connectivity index (χ3v) is 1.15. The topological polar surface area (TPSA) is 161 Å². The summed E-state index contributed by atoms with van der Waals surface area (Å²) in [6, 6.07) is 0. The number of hydrogen-bond acceptors (Lipinski definition) is 8. The third kappa shape index (κ3) is 127. The van der Waals surface area contributed by atoms with Gasteiger partial charge in [0.1, 0.15) is 0 Å². The van der Waals surface area contributed by atoms with Crippen LogP contribution < -0.4 is 20.4 Å². The predicted octanol–water partition coefficient (Wildman–Crippen LogP) is -3.42. The minimum atomic E-state index is -0.995. The molecule has 0 bridgehead atoms. The van der Waals surface area contributed by atoms with Crippen LogP contribution in [0.15, 0.2) is 0 Å². The molecule has 0 spiro atoms. The summed E-state index contributed by atoms with van der Waals surface area (Å²) in [5.41, 5.74) is 0. The molecule has 2 radical (unpaired) electrons. The molecule has 0 aromatic carbocycles. The molecule has 8 nitrogen and oxygen atoms in total. The second-order valence-electron chi connectivity index (χ2n) is 2.90. The molecule has 0 unspecified atom stereocenters. The summed E-state index contributed by atoms with van der Waals surface area (Å²) >= 11 is 0. The molecular weight excluding hydrogens is 390 g/mol. The number of rotatable bonds is 4. The molecule has 0 fully saturated rings. The Bertz CT molecular complexity index is 226. The zero-order chi connectivity index (χ0) is 17.1. The molecule has 0 aliphatic heterocycles. The van der Waals surface area contributed by atoms with Crippen molar-refractivity contribution < 1.29 is 73.2 Å². The van der Waals surface area contributed by atoms with Crippen molar-refractivity contribution in [2.45, 2.75) is 53.4 Å². The summed E-state index contributed by atoms with van der Waals surface area (Å²) < 4.78 is 0. The van der Waals surface area contributed by atoms with Gasteiger partial charge in [0.05, 0.1) is 0 Å². The minimum Gasteiger partial charge on any atom is -0.550 e. The van der Waals surface area contributed by atoms with Crippen molar-refractivity contribution >= 4 is 23.9 Å². The number of carbonyl (C=O) groups is 4. The van der Waals surface area contributed by atoms with Gasteiger partial charge in [0.25, 0.3) is 0 Å². The van der Waals surface area contributed by atoms with Gasteiger partial charge in [-0.3, -0.25) is 0 Å². The fraction of sp³-hybridized carbons (Fsp3) is 0.667. The van der Waals surface area contributed by atoms with Crippen LogP contribution >= 0.6 is 0 Å². The van der Waals surface area contributed by atoms with Crippen LogP contribution in [-0.4, -0.2) is 23.9 Å². The first-order chi connectivity index (χ1) is 9.08. The Kier molecular flexibility index (Phi) is 54.2. The van der Waals surface area contributed by atoms with Crippen LogP contribution in [0.5, 0.6) is 0 Å². The van der Waals surface area contributed by atoms with E-state index in [1.54, 1.807) is 0 Å². The molecule has 0 aromatic heterocycles. The van der Waals surface area contributed by atoms with Gasteiger partial charge in [0.15, 0.2) is 0 Å². The standard InChI is InChI=1S/4C3H6O2.2Co/c4*1-2-3(4)5;;/h4*2H2,1H3,(H,4,5);;/q;;;;2*+2/p-4. The van der Waals surface area contributed by atoms with Gasteiger partial charge in [0.2, 0.25) is 0 Å². The first kappa shape index (κ1) is 37.3. The molecule has 0 atom stereocenters. The molecule has 0 rings (SSSR count). The molecule has 0 aromatic rings. The van der Waals surface area contributed by atoms with Gasteiger partial charge >= 0.3 is 33.6 Å². The molecule has 0 aliphatic carbocycles. The van der Waals surface area contributed by atoms with Crippen LogP contribution in [0.3, 0.4) is 0 Å². The molecule has 0 saturated carbocycles. The second-order valence-corrected chi connectivity index (χ2v) is 2.90. The van der Waals surface area contributed by atoms with Gasteiger partial charge in [-0.25, -0.2) is 0 Å². The van der Waals surface area contributed by atoms with Crippen LogP contribution in [0, 0.1) is 0 Å². The Morgan fingerprint density at radius 1 is 0.500 bits per heavy atom. The number of carboxylic acids is 4. The maximum absolute atomic E-state index is 9.26. The van der Waals surface area contributed by atoms with Crippen LogP contribution in [0.4, 0.5) is 0 Å². The van der Waals surface area contributed by atoms with Gasteiger partial charge in [-0.15, -0.1) is 0 Å². The summed E-state index contributed by atoms with van der Waals surface area (Å²) in [6.45, 7) is 6.15. The average Bonchev–Trinajstić information content (AvgIpc) is 2.40. The largest absolute Gasteiger partial charge is 2.00 e. The molecule has 0 amide bonds. The molecule has 22 heavy (non-hydrogen) atoms. The van der Waals surface area contributed by atoms with Gasteiger partial charge in [-0.05, 0) is 25.7 Å². The Morgan fingerprint density at radius 3 is 0.545 bits per heavy atom. The summed E-state index contributed by atoms with van der Waals surface area (Å²) in [5, 5.41) is 37.0. The van der Waals surface area contributed by atoms with E-state index in [-0.39, 0.29) is 59.2 Å². The van der Waals surface area contributed by atoms with Crippen LogP contribution in [-0.2, 0) is 52.7 Å². The number of aliphatic carboxylic acids is 4. The average molecular weight is 410 g/mol. The fourth-order valence-electron chi connectivity index (χ4n) is 0. The van der Waals surface area contributed by atoms with Gasteiger partial charge in [0, 0.05) is 23.9 Å². The van der Waals surface area contributed by atoms with E-state index in [9.17, 15) is 39.6 Å². The summed E-state index contributed by atoms with van der Waals surface area (Å²) in [6.07, 6.45) is 0.444. The van der Waals surface area contributed by atoms with E-state index in [2.05, 4.69) is 0 Å². The Morgan fingerprint density at radius 2 is 0.545 bits per heavy atom. The normalized spacial score (nSPS) is 6.73. The first-order valence-corrected chi connectivity index (χ1v) is 5.88. The second kappa shape index (κ2) is 32.0. The monoisotopic (exact) mass is 410 g/mol. The third-order valence-electron chi connectivity index (χ3n) is 1.15. The molecule has 134 valence electrons. The molecule has 0 saturated heterocycles. The predicted molar refractivity (Wildman–Crippen MR) is 61.2 cm³/mol. The van der Waals surface area contributed by atoms with Crippen LogP contribution in [0.25, 0.3) is 0 Å². The van der Waals surface area contributed by atoms with Crippen molar-refractivity contribution in [1.82, 2.24) is 0 Å². The number of carboxylic acid groups (broad SMARTS) is 4. The summed E-state index contributed by atoms with van der Waals surface area (Å²) in [7, 11) is 0. The Labute approximate surface area is 150 Å². The fourth-order valence-corrected chi connectivity index (χ4v) is 0. The molecular formula is C12H20Co2O8. The van der Waals surface area contributed by atoms with Crippen molar-refractivity contribution in [3.8, 4) is 0 Å². The Balaban J connectivity index is -0.0000000376. The molecule has 10 heteroatoms. The van der Waals surface area contributed by atoms with Gasteiger partial charge in [-0.1, -0.05) is 27.7 Å². The molecule has 0 aliphatic rings. The maximum atomic E-state index is 9.26. The van der Waals surface area contributed by atoms with Crippen molar-refractivity contribution in [2.24, 2.45) is 0 Å². The van der Waals surface area contributed by atoms with E-state index in [0.717, 1.165) is 0 Å². The van der Waals surface area contributed by atoms with E-state index in [1.807, 2.05) is 0 Å².